The minimum absolute atomic E-state index is 0.669. The Bertz CT molecular complexity index is 70.1. The highest BCUT2D eigenvalue weighted by molar-refractivity contribution is 9.08. The molecule has 3 N–H and O–H groups in total. The number of rotatable bonds is 2. The van der Waals surface area contributed by atoms with Gasteiger partial charge in [0.05, 0.1) is 0 Å². The Labute approximate surface area is 52.1 Å². The van der Waals surface area contributed by atoms with Gasteiger partial charge in [-0.3, -0.25) is 0 Å². The molecule has 0 aromatic carbocycles. The molecule has 0 fully saturated rings. The molecule has 0 aliphatic heterocycles. The molecule has 0 radical (unpaired) electrons. The molecule has 3 heteroatoms. The van der Waals surface area contributed by atoms with Crippen LogP contribution in [0.5, 0.6) is 0 Å². The highest BCUT2D eigenvalue weighted by Crippen LogP contribution is 1.83. The van der Waals surface area contributed by atoms with Crippen LogP contribution in [0, 0.1) is 0 Å². The number of nitrogens with two attached hydrogens (primary N) is 1. The highest BCUT2D eigenvalue weighted by Gasteiger charge is 1.76. The summed E-state index contributed by atoms with van der Waals surface area (Å²) in [5, 5.41) is 0. The molecule has 0 spiro atoms. The van der Waals surface area contributed by atoms with Crippen LogP contribution in [0.1, 0.15) is 13.3 Å². The molecular formula is C4H9BrN2. The normalized spacial score (nSPS) is 11.4. The van der Waals surface area contributed by atoms with Crippen molar-refractivity contribution in [2.75, 3.05) is 0 Å². The standard InChI is InChI=1S/C4H9BrN2/c1-2-3-4(6)7-5/h3,7H,2,6H2,1H3. The summed E-state index contributed by atoms with van der Waals surface area (Å²) in [4.78, 5) is 0. The van der Waals surface area contributed by atoms with Crippen molar-refractivity contribution in [1.82, 2.24) is 4.34 Å². The van der Waals surface area contributed by atoms with Gasteiger partial charge in [0.1, 0.15) is 5.82 Å². The molecule has 0 aliphatic carbocycles. The second kappa shape index (κ2) is 3.99. The molecule has 0 aromatic rings. The number of allylic oxidation sites excluding steroid dienone is 1. The number of halogens is 1. The molecule has 0 bridgehead atoms. The fourth-order valence-corrected chi connectivity index (χ4v) is 0.420. The summed E-state index contributed by atoms with van der Waals surface area (Å²) in [6.07, 6.45) is 2.85. The highest BCUT2D eigenvalue weighted by atomic mass is 79.9. The van der Waals surface area contributed by atoms with Crippen molar-refractivity contribution in [3.8, 4) is 0 Å². The molecule has 0 aromatic heterocycles. The topological polar surface area (TPSA) is 38.0 Å². The van der Waals surface area contributed by atoms with Gasteiger partial charge < -0.3 is 10.1 Å². The minimum atomic E-state index is 0.669. The Kier molecular flexibility index (Phi) is 3.89. The van der Waals surface area contributed by atoms with Gasteiger partial charge in [0, 0.05) is 16.1 Å². The van der Waals surface area contributed by atoms with Crippen molar-refractivity contribution in [2.24, 2.45) is 5.73 Å². The van der Waals surface area contributed by atoms with Gasteiger partial charge in [0.2, 0.25) is 0 Å². The molecule has 42 valence electrons. The third-order valence-electron chi connectivity index (χ3n) is 0.533. The molecule has 0 rings (SSSR count). The number of hydrogen-bond donors (Lipinski definition) is 2. The number of nitrogens with one attached hydrogen (secondary N) is 1. The van der Waals surface area contributed by atoms with Gasteiger partial charge in [-0.25, -0.2) is 0 Å². The zero-order valence-electron chi connectivity index (χ0n) is 4.24. The molecule has 0 atom stereocenters. The second-order valence-electron chi connectivity index (χ2n) is 1.16. The molecule has 0 saturated heterocycles. The largest absolute Gasteiger partial charge is 0.385 e. The molecule has 0 aliphatic rings. The van der Waals surface area contributed by atoms with E-state index in [4.69, 9.17) is 5.73 Å². The summed E-state index contributed by atoms with van der Waals surface area (Å²) >= 11 is 2.97. The monoisotopic (exact) mass is 164 g/mol. The van der Waals surface area contributed by atoms with Crippen molar-refractivity contribution in [1.29, 1.82) is 0 Å². The zero-order valence-corrected chi connectivity index (χ0v) is 5.83. The van der Waals surface area contributed by atoms with E-state index in [1.165, 1.54) is 0 Å². The van der Waals surface area contributed by atoms with E-state index in [1.807, 2.05) is 13.0 Å². The van der Waals surface area contributed by atoms with E-state index in [2.05, 4.69) is 20.5 Å². The van der Waals surface area contributed by atoms with Crippen molar-refractivity contribution in [2.45, 2.75) is 13.3 Å². The average molecular weight is 165 g/mol. The van der Waals surface area contributed by atoms with Crippen molar-refractivity contribution < 1.29 is 0 Å². The average Bonchev–Trinajstić information content (AvgIpc) is 1.68. The van der Waals surface area contributed by atoms with Crippen molar-refractivity contribution >= 4 is 16.1 Å². The van der Waals surface area contributed by atoms with Crippen LogP contribution >= 0.6 is 16.1 Å². The van der Waals surface area contributed by atoms with Gasteiger partial charge in [0.15, 0.2) is 0 Å². The van der Waals surface area contributed by atoms with Crippen LogP contribution in [0.15, 0.2) is 11.9 Å². The molecule has 0 saturated carbocycles. The second-order valence-corrected chi connectivity index (χ2v) is 1.56. The lowest BCUT2D eigenvalue weighted by molar-refractivity contribution is 1.10. The van der Waals surface area contributed by atoms with Crippen LogP contribution in [0.4, 0.5) is 0 Å². The van der Waals surface area contributed by atoms with Gasteiger partial charge in [-0.15, -0.1) is 0 Å². The Hall–Kier alpha value is -0.180. The van der Waals surface area contributed by atoms with Gasteiger partial charge in [-0.2, -0.15) is 0 Å². The molecular weight excluding hydrogens is 156 g/mol. The van der Waals surface area contributed by atoms with E-state index in [9.17, 15) is 0 Å². The van der Waals surface area contributed by atoms with E-state index in [0.29, 0.717) is 5.82 Å². The maximum absolute atomic E-state index is 5.29. The van der Waals surface area contributed by atoms with Crippen LogP contribution in [0.25, 0.3) is 0 Å². The first-order chi connectivity index (χ1) is 3.31. The van der Waals surface area contributed by atoms with E-state index < -0.39 is 0 Å². The fraction of sp³-hybridized carbons (Fsp3) is 0.500. The lowest BCUT2D eigenvalue weighted by atomic mass is 10.4. The van der Waals surface area contributed by atoms with E-state index in [1.54, 1.807) is 0 Å². The summed E-state index contributed by atoms with van der Waals surface area (Å²) < 4.78 is 2.62. The molecule has 0 amide bonds. The SMILES string of the molecule is CCC=C(N)NBr. The summed E-state index contributed by atoms with van der Waals surface area (Å²) in [5.74, 6) is 0.669. The first-order valence-corrected chi connectivity index (χ1v) is 2.92. The smallest absolute Gasteiger partial charge is 0.102 e. The Morgan fingerprint density at radius 1 is 2.00 bits per heavy atom. The third-order valence-corrected chi connectivity index (χ3v) is 0.991. The summed E-state index contributed by atoms with van der Waals surface area (Å²) in [7, 11) is 0. The Balaban J connectivity index is 3.29. The fourth-order valence-electron chi connectivity index (χ4n) is 0.258. The minimum Gasteiger partial charge on any atom is -0.385 e. The van der Waals surface area contributed by atoms with Gasteiger partial charge >= 0.3 is 0 Å². The van der Waals surface area contributed by atoms with Crippen molar-refractivity contribution in [3.63, 3.8) is 0 Å². The summed E-state index contributed by atoms with van der Waals surface area (Å²) in [5.41, 5.74) is 5.29. The van der Waals surface area contributed by atoms with Gasteiger partial charge in [-0.05, 0) is 12.5 Å². The van der Waals surface area contributed by atoms with Crippen LogP contribution in [-0.2, 0) is 0 Å². The quantitative estimate of drug-likeness (QED) is 0.601. The van der Waals surface area contributed by atoms with Crippen LogP contribution < -0.4 is 10.1 Å². The summed E-state index contributed by atoms with van der Waals surface area (Å²) in [6.45, 7) is 2.02. The Morgan fingerprint density at radius 2 is 2.57 bits per heavy atom. The molecule has 0 unspecified atom stereocenters. The van der Waals surface area contributed by atoms with E-state index >= 15 is 0 Å². The third kappa shape index (κ3) is 3.66. The first kappa shape index (κ1) is 6.82. The molecule has 7 heavy (non-hydrogen) atoms. The van der Waals surface area contributed by atoms with Gasteiger partial charge in [-0.1, -0.05) is 6.92 Å². The van der Waals surface area contributed by atoms with E-state index in [-0.39, 0.29) is 0 Å². The lowest BCUT2D eigenvalue weighted by Crippen LogP contribution is -2.07. The number of hydrogen-bond acceptors (Lipinski definition) is 2. The van der Waals surface area contributed by atoms with E-state index in [0.717, 1.165) is 6.42 Å². The predicted molar refractivity (Wildman–Crippen MR) is 34.6 cm³/mol. The first-order valence-electron chi connectivity index (χ1n) is 2.13. The molecule has 2 nitrogen and oxygen atoms in total. The molecule has 0 heterocycles. The maximum Gasteiger partial charge on any atom is 0.102 e. The predicted octanol–water partition coefficient (Wildman–Crippen LogP) is 1.10. The van der Waals surface area contributed by atoms with Gasteiger partial charge in [0.25, 0.3) is 0 Å². The van der Waals surface area contributed by atoms with Crippen LogP contribution in [0.2, 0.25) is 0 Å². The lowest BCUT2D eigenvalue weighted by Gasteiger charge is -1.91. The summed E-state index contributed by atoms with van der Waals surface area (Å²) in [6, 6.07) is 0. The van der Waals surface area contributed by atoms with Crippen LogP contribution in [0.3, 0.4) is 0 Å². The zero-order chi connectivity index (χ0) is 5.70. The van der Waals surface area contributed by atoms with Crippen molar-refractivity contribution in [3.05, 3.63) is 11.9 Å². The Morgan fingerprint density at radius 3 is 2.71 bits per heavy atom. The maximum atomic E-state index is 5.29. The van der Waals surface area contributed by atoms with Crippen LogP contribution in [-0.4, -0.2) is 0 Å².